The Morgan fingerprint density at radius 3 is 3.10 bits per heavy atom. The van der Waals surface area contributed by atoms with Gasteiger partial charge in [-0.15, -0.1) is 0 Å². The highest BCUT2D eigenvalue weighted by Crippen LogP contribution is 2.16. The van der Waals surface area contributed by atoms with Crippen LogP contribution in [0.15, 0.2) is 6.07 Å². The number of likely N-dealkylation sites (N-methyl/N-ethyl adjacent to an activating group) is 1. The molecule has 7 nitrogen and oxygen atoms in total. The molecule has 1 aromatic rings. The number of carbonyl (C=O) groups excluding carboxylic acids is 1. The third-order valence-electron chi connectivity index (χ3n) is 3.14. The molecule has 0 radical (unpaired) electrons. The van der Waals surface area contributed by atoms with Crippen LogP contribution >= 0.6 is 0 Å². The van der Waals surface area contributed by atoms with E-state index in [1.807, 2.05) is 24.8 Å². The molecular formula is C13H21N5O2. The number of anilines is 1. The molecule has 0 aliphatic carbocycles. The van der Waals surface area contributed by atoms with E-state index in [0.717, 1.165) is 11.4 Å². The molecule has 1 aliphatic rings. The first-order valence-electron chi connectivity index (χ1n) is 6.82. The molecule has 0 spiro atoms. The summed E-state index contributed by atoms with van der Waals surface area (Å²) in [6.45, 7) is 6.23. The number of hydrogen-bond acceptors (Lipinski definition) is 6. The van der Waals surface area contributed by atoms with Gasteiger partial charge in [0.15, 0.2) is 0 Å². The molecule has 0 aromatic carbocycles. The third-order valence-corrected chi connectivity index (χ3v) is 3.14. The van der Waals surface area contributed by atoms with Crippen LogP contribution in [-0.4, -0.2) is 48.2 Å². The lowest BCUT2D eigenvalue weighted by atomic mass is 10.2. The summed E-state index contributed by atoms with van der Waals surface area (Å²) in [6, 6.07) is 1.46. The van der Waals surface area contributed by atoms with Crippen LogP contribution in [0.1, 0.15) is 18.3 Å². The van der Waals surface area contributed by atoms with Gasteiger partial charge in [0.25, 0.3) is 0 Å². The van der Waals surface area contributed by atoms with Crippen molar-refractivity contribution < 1.29 is 9.53 Å². The van der Waals surface area contributed by atoms with Crippen LogP contribution in [0, 0.1) is 6.92 Å². The minimum absolute atomic E-state index is 0.0633. The molecule has 7 heteroatoms. The SMILES string of the molecule is CCNC(=O)C1COCCN1c1nc(C)cc(CN)n1. The van der Waals surface area contributed by atoms with E-state index in [-0.39, 0.29) is 5.91 Å². The Labute approximate surface area is 118 Å². The molecule has 2 rings (SSSR count). The standard InChI is InChI=1S/C13H21N5O2/c1-3-15-12(19)11-8-20-5-4-18(11)13-16-9(2)6-10(7-14)17-13/h6,11H,3-5,7-8,14H2,1-2H3,(H,15,19). The molecular weight excluding hydrogens is 258 g/mol. The smallest absolute Gasteiger partial charge is 0.245 e. The molecule has 1 amide bonds. The van der Waals surface area contributed by atoms with Gasteiger partial charge in [-0.25, -0.2) is 9.97 Å². The highest BCUT2D eigenvalue weighted by atomic mass is 16.5. The van der Waals surface area contributed by atoms with Gasteiger partial charge < -0.3 is 20.7 Å². The molecule has 110 valence electrons. The Balaban J connectivity index is 2.27. The second-order valence-corrected chi connectivity index (χ2v) is 4.68. The van der Waals surface area contributed by atoms with E-state index >= 15 is 0 Å². The molecule has 0 bridgehead atoms. The fourth-order valence-electron chi connectivity index (χ4n) is 2.20. The highest BCUT2D eigenvalue weighted by molar-refractivity contribution is 5.85. The lowest BCUT2D eigenvalue weighted by Gasteiger charge is -2.34. The van der Waals surface area contributed by atoms with Crippen LogP contribution in [0.5, 0.6) is 0 Å². The first-order chi connectivity index (χ1) is 9.65. The topological polar surface area (TPSA) is 93.4 Å². The van der Waals surface area contributed by atoms with E-state index in [1.165, 1.54) is 0 Å². The summed E-state index contributed by atoms with van der Waals surface area (Å²) in [6.07, 6.45) is 0. The molecule has 2 heterocycles. The zero-order chi connectivity index (χ0) is 14.5. The van der Waals surface area contributed by atoms with Crippen molar-refractivity contribution in [3.63, 3.8) is 0 Å². The molecule has 3 N–H and O–H groups in total. The first kappa shape index (κ1) is 14.7. The Bertz CT molecular complexity index is 480. The number of amides is 1. The summed E-state index contributed by atoms with van der Waals surface area (Å²) in [5.74, 6) is 0.483. The summed E-state index contributed by atoms with van der Waals surface area (Å²) >= 11 is 0. The molecule has 1 atom stereocenters. The van der Waals surface area contributed by atoms with Gasteiger partial charge in [-0.2, -0.15) is 0 Å². The first-order valence-corrected chi connectivity index (χ1v) is 6.82. The van der Waals surface area contributed by atoms with Crippen molar-refractivity contribution in [3.8, 4) is 0 Å². The van der Waals surface area contributed by atoms with Gasteiger partial charge in [0.2, 0.25) is 11.9 Å². The fraction of sp³-hybridized carbons (Fsp3) is 0.615. The predicted octanol–water partition coefficient (Wildman–Crippen LogP) is -0.415. The van der Waals surface area contributed by atoms with Crippen LogP contribution in [0.2, 0.25) is 0 Å². The number of nitrogens with zero attached hydrogens (tertiary/aromatic N) is 3. The third kappa shape index (κ3) is 3.23. The lowest BCUT2D eigenvalue weighted by molar-refractivity contribution is -0.124. The van der Waals surface area contributed by atoms with Crippen molar-refractivity contribution in [2.24, 2.45) is 5.73 Å². The van der Waals surface area contributed by atoms with Gasteiger partial charge in [-0.05, 0) is 19.9 Å². The average molecular weight is 279 g/mol. The number of carbonyl (C=O) groups is 1. The number of hydrogen-bond donors (Lipinski definition) is 2. The largest absolute Gasteiger partial charge is 0.377 e. The average Bonchev–Trinajstić information content (AvgIpc) is 2.46. The van der Waals surface area contributed by atoms with Crippen molar-refractivity contribution in [3.05, 3.63) is 17.5 Å². The van der Waals surface area contributed by atoms with Crippen LogP contribution in [0.3, 0.4) is 0 Å². The normalized spacial score (nSPS) is 18.9. The van der Waals surface area contributed by atoms with E-state index in [1.54, 1.807) is 0 Å². The number of ether oxygens (including phenoxy) is 1. The minimum Gasteiger partial charge on any atom is -0.377 e. The Kier molecular flexibility index (Phi) is 4.86. The number of rotatable bonds is 4. The van der Waals surface area contributed by atoms with Gasteiger partial charge in [-0.1, -0.05) is 0 Å². The Morgan fingerprint density at radius 2 is 2.40 bits per heavy atom. The van der Waals surface area contributed by atoms with E-state index in [9.17, 15) is 4.79 Å². The summed E-state index contributed by atoms with van der Waals surface area (Å²) in [4.78, 5) is 22.8. The van der Waals surface area contributed by atoms with Crippen LogP contribution < -0.4 is 16.0 Å². The Hall–Kier alpha value is -1.73. The molecule has 1 aromatic heterocycles. The van der Waals surface area contributed by atoms with E-state index in [0.29, 0.717) is 38.8 Å². The van der Waals surface area contributed by atoms with Gasteiger partial charge in [0.05, 0.1) is 18.9 Å². The maximum Gasteiger partial charge on any atom is 0.245 e. The molecule has 1 aliphatic heterocycles. The maximum atomic E-state index is 12.1. The number of aromatic nitrogens is 2. The van der Waals surface area contributed by atoms with Gasteiger partial charge in [0.1, 0.15) is 6.04 Å². The number of nitrogens with two attached hydrogens (primary N) is 1. The predicted molar refractivity (Wildman–Crippen MR) is 75.3 cm³/mol. The molecule has 20 heavy (non-hydrogen) atoms. The van der Waals surface area contributed by atoms with Gasteiger partial charge in [-0.3, -0.25) is 4.79 Å². The zero-order valence-corrected chi connectivity index (χ0v) is 11.9. The van der Waals surface area contributed by atoms with E-state index in [2.05, 4.69) is 15.3 Å². The molecule has 1 unspecified atom stereocenters. The molecule has 0 saturated carbocycles. The van der Waals surface area contributed by atoms with Crippen molar-refractivity contribution in [2.75, 3.05) is 31.2 Å². The molecule has 1 fully saturated rings. The van der Waals surface area contributed by atoms with Gasteiger partial charge >= 0.3 is 0 Å². The van der Waals surface area contributed by atoms with Crippen molar-refractivity contribution >= 4 is 11.9 Å². The van der Waals surface area contributed by atoms with Crippen LogP contribution in [0.4, 0.5) is 5.95 Å². The fourth-order valence-corrected chi connectivity index (χ4v) is 2.20. The summed E-state index contributed by atoms with van der Waals surface area (Å²) < 4.78 is 5.41. The summed E-state index contributed by atoms with van der Waals surface area (Å²) in [5.41, 5.74) is 7.26. The summed E-state index contributed by atoms with van der Waals surface area (Å²) in [7, 11) is 0. The second kappa shape index (κ2) is 6.62. The zero-order valence-electron chi connectivity index (χ0n) is 11.9. The van der Waals surface area contributed by atoms with Crippen molar-refractivity contribution in [2.45, 2.75) is 26.4 Å². The van der Waals surface area contributed by atoms with E-state index < -0.39 is 6.04 Å². The summed E-state index contributed by atoms with van der Waals surface area (Å²) in [5, 5.41) is 2.82. The minimum atomic E-state index is -0.392. The van der Waals surface area contributed by atoms with Crippen molar-refractivity contribution in [1.29, 1.82) is 0 Å². The van der Waals surface area contributed by atoms with Crippen molar-refractivity contribution in [1.82, 2.24) is 15.3 Å². The molecule has 1 saturated heterocycles. The number of nitrogens with one attached hydrogen (secondary N) is 1. The van der Waals surface area contributed by atoms with Crippen LogP contribution in [0.25, 0.3) is 0 Å². The highest BCUT2D eigenvalue weighted by Gasteiger charge is 2.31. The van der Waals surface area contributed by atoms with Crippen LogP contribution in [-0.2, 0) is 16.1 Å². The Morgan fingerprint density at radius 1 is 1.60 bits per heavy atom. The lowest BCUT2D eigenvalue weighted by Crippen LogP contribution is -2.54. The number of morpholine rings is 1. The van der Waals surface area contributed by atoms with Gasteiger partial charge in [0, 0.05) is 25.3 Å². The number of aryl methyl sites for hydroxylation is 1. The monoisotopic (exact) mass is 279 g/mol. The second-order valence-electron chi connectivity index (χ2n) is 4.68. The maximum absolute atomic E-state index is 12.1. The quantitative estimate of drug-likeness (QED) is 0.778. The van der Waals surface area contributed by atoms with E-state index in [4.69, 9.17) is 10.5 Å².